The van der Waals surface area contributed by atoms with Gasteiger partial charge in [-0.1, -0.05) is 0 Å². The van der Waals surface area contributed by atoms with Crippen LogP contribution in [0.4, 0.5) is 0 Å². The molecule has 2 fully saturated rings. The lowest BCUT2D eigenvalue weighted by Gasteiger charge is -2.26. The summed E-state index contributed by atoms with van der Waals surface area (Å²) in [6.45, 7) is 3.15. The quantitative estimate of drug-likeness (QED) is 0.913. The Morgan fingerprint density at radius 3 is 2.96 bits per heavy atom. The van der Waals surface area contributed by atoms with Crippen molar-refractivity contribution in [3.63, 3.8) is 0 Å². The number of nitrogens with one attached hydrogen (secondary N) is 1. The van der Waals surface area contributed by atoms with E-state index in [0.29, 0.717) is 19.1 Å². The van der Waals surface area contributed by atoms with Gasteiger partial charge in [0, 0.05) is 26.0 Å². The van der Waals surface area contributed by atoms with Crippen LogP contribution in [0, 0.1) is 0 Å². The Bertz CT molecular complexity index is 665. The maximum atomic E-state index is 13.1. The van der Waals surface area contributed by atoms with Gasteiger partial charge >= 0.3 is 0 Å². The van der Waals surface area contributed by atoms with Crippen molar-refractivity contribution < 1.29 is 14.3 Å². The first kappa shape index (κ1) is 15.6. The Kier molecular flexibility index (Phi) is 4.04. The highest BCUT2D eigenvalue weighted by Crippen LogP contribution is 2.40. The summed E-state index contributed by atoms with van der Waals surface area (Å²) < 4.78 is 11.1. The monoisotopic (exact) mass is 332 g/mol. The number of carbonyl (C=O) groups is 1. The van der Waals surface area contributed by atoms with Gasteiger partial charge in [-0.15, -0.1) is 0 Å². The average Bonchev–Trinajstić information content (AvgIpc) is 3.17. The SMILES string of the molecule is CO[C@@H]1C[C@@H](c2nc(C3CC3)n[nH]2)N(C(=O)C2=C(C)OCCC2)C1. The molecule has 1 amide bonds. The lowest BCUT2D eigenvalue weighted by atomic mass is 10.1. The third-order valence-electron chi connectivity index (χ3n) is 5.21. The molecule has 1 N–H and O–H groups in total. The van der Waals surface area contributed by atoms with Crippen LogP contribution >= 0.6 is 0 Å². The van der Waals surface area contributed by atoms with E-state index in [1.165, 1.54) is 0 Å². The Labute approximate surface area is 141 Å². The molecule has 7 nitrogen and oxygen atoms in total. The summed E-state index contributed by atoms with van der Waals surface area (Å²) in [5, 5.41) is 7.40. The van der Waals surface area contributed by atoms with E-state index >= 15 is 0 Å². The zero-order valence-electron chi connectivity index (χ0n) is 14.2. The molecule has 1 aromatic rings. The van der Waals surface area contributed by atoms with Gasteiger partial charge in [-0.3, -0.25) is 9.89 Å². The molecule has 3 heterocycles. The fraction of sp³-hybridized carbons (Fsp3) is 0.706. The van der Waals surface area contributed by atoms with Gasteiger partial charge in [0.1, 0.15) is 11.6 Å². The Balaban J connectivity index is 1.59. The molecule has 0 radical (unpaired) electrons. The summed E-state index contributed by atoms with van der Waals surface area (Å²) in [5.41, 5.74) is 0.782. The molecule has 1 aromatic heterocycles. The topological polar surface area (TPSA) is 80.3 Å². The molecule has 2 aliphatic heterocycles. The number of nitrogens with zero attached hydrogens (tertiary/aromatic N) is 3. The molecular weight excluding hydrogens is 308 g/mol. The molecule has 4 rings (SSSR count). The van der Waals surface area contributed by atoms with E-state index in [2.05, 4.69) is 15.2 Å². The van der Waals surface area contributed by atoms with Crippen LogP contribution in [-0.4, -0.2) is 52.4 Å². The summed E-state index contributed by atoms with van der Waals surface area (Å²) in [6.07, 6.45) is 4.76. The number of methoxy groups -OCH3 is 1. The van der Waals surface area contributed by atoms with Crippen LogP contribution in [0.1, 0.15) is 62.6 Å². The van der Waals surface area contributed by atoms with Gasteiger partial charge in [0.2, 0.25) is 0 Å². The zero-order valence-corrected chi connectivity index (χ0v) is 14.2. The van der Waals surface area contributed by atoms with Crippen LogP contribution in [0.3, 0.4) is 0 Å². The molecule has 130 valence electrons. The molecule has 7 heteroatoms. The van der Waals surface area contributed by atoms with Crippen molar-refractivity contribution in [1.29, 1.82) is 0 Å². The molecule has 0 spiro atoms. The second kappa shape index (κ2) is 6.20. The number of aromatic nitrogens is 3. The number of aromatic amines is 1. The summed E-state index contributed by atoms with van der Waals surface area (Å²) in [4.78, 5) is 19.6. The fourth-order valence-corrected chi connectivity index (χ4v) is 3.58. The Morgan fingerprint density at radius 2 is 2.25 bits per heavy atom. The predicted octanol–water partition coefficient (Wildman–Crippen LogP) is 2.05. The lowest BCUT2D eigenvalue weighted by Crippen LogP contribution is -2.34. The highest BCUT2D eigenvalue weighted by Gasteiger charge is 2.40. The van der Waals surface area contributed by atoms with Crippen LogP contribution in [0.15, 0.2) is 11.3 Å². The molecule has 0 unspecified atom stereocenters. The number of hydrogen-bond donors (Lipinski definition) is 1. The molecule has 1 saturated heterocycles. The van der Waals surface area contributed by atoms with E-state index in [-0.39, 0.29) is 18.1 Å². The number of allylic oxidation sites excluding steroid dienone is 1. The third-order valence-corrected chi connectivity index (χ3v) is 5.21. The van der Waals surface area contributed by atoms with E-state index in [0.717, 1.165) is 55.1 Å². The van der Waals surface area contributed by atoms with Crippen molar-refractivity contribution in [2.75, 3.05) is 20.3 Å². The minimum absolute atomic E-state index is 0.0267. The van der Waals surface area contributed by atoms with Crippen molar-refractivity contribution in [2.45, 2.75) is 57.1 Å². The number of amides is 1. The van der Waals surface area contributed by atoms with Crippen molar-refractivity contribution in [2.24, 2.45) is 0 Å². The second-order valence-corrected chi connectivity index (χ2v) is 6.91. The molecule has 3 aliphatic rings. The number of carbonyl (C=O) groups excluding carboxylic acids is 1. The Hall–Kier alpha value is -1.89. The number of H-pyrrole nitrogens is 1. The summed E-state index contributed by atoms with van der Waals surface area (Å²) >= 11 is 0. The molecule has 0 bridgehead atoms. The van der Waals surface area contributed by atoms with Crippen molar-refractivity contribution in [1.82, 2.24) is 20.1 Å². The summed E-state index contributed by atoms with van der Waals surface area (Å²) in [7, 11) is 1.69. The van der Waals surface area contributed by atoms with Gasteiger partial charge in [-0.25, -0.2) is 4.98 Å². The molecule has 1 aliphatic carbocycles. The van der Waals surface area contributed by atoms with E-state index < -0.39 is 0 Å². The first-order chi connectivity index (χ1) is 11.7. The summed E-state index contributed by atoms with van der Waals surface area (Å²) in [5.74, 6) is 2.95. The lowest BCUT2D eigenvalue weighted by molar-refractivity contribution is -0.129. The normalized spacial score (nSPS) is 27.5. The fourth-order valence-electron chi connectivity index (χ4n) is 3.58. The first-order valence-electron chi connectivity index (χ1n) is 8.76. The predicted molar refractivity (Wildman–Crippen MR) is 86.1 cm³/mol. The maximum absolute atomic E-state index is 13.1. The van der Waals surface area contributed by atoms with E-state index in [1.807, 2.05) is 11.8 Å². The standard InChI is InChI=1S/C17H24N4O3/c1-10-13(4-3-7-24-10)17(22)21-9-12(23-2)8-14(21)16-18-15(19-20-16)11-5-6-11/h11-12,14H,3-9H2,1-2H3,(H,18,19,20)/t12-,14+/m1/s1. The largest absolute Gasteiger partial charge is 0.498 e. The van der Waals surface area contributed by atoms with Gasteiger partial charge < -0.3 is 14.4 Å². The minimum atomic E-state index is -0.107. The van der Waals surface area contributed by atoms with Crippen LogP contribution in [0.2, 0.25) is 0 Å². The van der Waals surface area contributed by atoms with E-state index in [1.54, 1.807) is 7.11 Å². The highest BCUT2D eigenvalue weighted by molar-refractivity contribution is 5.94. The molecular formula is C17H24N4O3. The van der Waals surface area contributed by atoms with Crippen molar-refractivity contribution >= 4 is 5.91 Å². The van der Waals surface area contributed by atoms with Gasteiger partial charge in [-0.05, 0) is 32.6 Å². The average molecular weight is 332 g/mol. The van der Waals surface area contributed by atoms with E-state index in [9.17, 15) is 4.79 Å². The van der Waals surface area contributed by atoms with Crippen LogP contribution in [-0.2, 0) is 14.3 Å². The molecule has 2 atom stereocenters. The number of hydrogen-bond acceptors (Lipinski definition) is 5. The smallest absolute Gasteiger partial charge is 0.253 e. The van der Waals surface area contributed by atoms with Gasteiger partial charge in [0.15, 0.2) is 5.82 Å². The molecule has 0 aromatic carbocycles. The van der Waals surface area contributed by atoms with Crippen LogP contribution < -0.4 is 0 Å². The summed E-state index contributed by atoms with van der Waals surface area (Å²) in [6, 6.07) is -0.107. The van der Waals surface area contributed by atoms with Crippen LogP contribution in [0.25, 0.3) is 0 Å². The first-order valence-corrected chi connectivity index (χ1v) is 8.76. The maximum Gasteiger partial charge on any atom is 0.253 e. The highest BCUT2D eigenvalue weighted by atomic mass is 16.5. The minimum Gasteiger partial charge on any atom is -0.498 e. The van der Waals surface area contributed by atoms with Gasteiger partial charge in [-0.2, -0.15) is 5.10 Å². The second-order valence-electron chi connectivity index (χ2n) is 6.91. The molecule has 1 saturated carbocycles. The van der Waals surface area contributed by atoms with Crippen molar-refractivity contribution in [3.8, 4) is 0 Å². The third kappa shape index (κ3) is 2.81. The number of rotatable bonds is 4. The zero-order chi connectivity index (χ0) is 16.7. The van der Waals surface area contributed by atoms with E-state index in [4.69, 9.17) is 9.47 Å². The molecule has 24 heavy (non-hydrogen) atoms. The number of likely N-dealkylation sites (tertiary alicyclic amines) is 1. The van der Waals surface area contributed by atoms with Gasteiger partial charge in [0.05, 0.1) is 24.3 Å². The number of ether oxygens (including phenoxy) is 2. The van der Waals surface area contributed by atoms with Crippen LogP contribution in [0.5, 0.6) is 0 Å². The van der Waals surface area contributed by atoms with Crippen molar-refractivity contribution in [3.05, 3.63) is 23.0 Å². The Morgan fingerprint density at radius 1 is 1.42 bits per heavy atom. The van der Waals surface area contributed by atoms with Gasteiger partial charge in [0.25, 0.3) is 5.91 Å².